The van der Waals surface area contributed by atoms with Crippen LogP contribution in [0.5, 0.6) is 0 Å². The van der Waals surface area contributed by atoms with E-state index < -0.39 is 5.54 Å². The third-order valence-electron chi connectivity index (χ3n) is 1.42. The summed E-state index contributed by atoms with van der Waals surface area (Å²) in [6.07, 6.45) is 0. The van der Waals surface area contributed by atoms with E-state index in [0.29, 0.717) is 0 Å². The molecular formula is C7H7BCl2. The van der Waals surface area contributed by atoms with Gasteiger partial charge in [0.15, 0.2) is 0 Å². The van der Waals surface area contributed by atoms with E-state index in [1.165, 1.54) is 0 Å². The van der Waals surface area contributed by atoms with Crippen LogP contribution in [-0.4, -0.2) is 5.54 Å². The number of rotatable bonds is 1. The lowest BCUT2D eigenvalue weighted by molar-refractivity contribution is 1.52. The van der Waals surface area contributed by atoms with Gasteiger partial charge in [-0.15, -0.1) is 0 Å². The first-order valence-corrected chi connectivity index (χ1v) is 3.93. The number of hydrogen-bond acceptors (Lipinski definition) is 0. The summed E-state index contributed by atoms with van der Waals surface area (Å²) in [5.74, 6) is 0. The molecule has 1 aromatic rings. The molecule has 52 valence electrons. The first-order valence-electron chi connectivity index (χ1n) is 3.05. The molecule has 0 aliphatic rings. The van der Waals surface area contributed by atoms with E-state index >= 15 is 0 Å². The van der Waals surface area contributed by atoms with E-state index in [-0.39, 0.29) is 0 Å². The summed E-state index contributed by atoms with van der Waals surface area (Å²) in [4.78, 5) is 0. The van der Waals surface area contributed by atoms with E-state index in [2.05, 4.69) is 0 Å². The Morgan fingerprint density at radius 3 is 2.20 bits per heavy atom. The van der Waals surface area contributed by atoms with Gasteiger partial charge in [-0.2, -0.15) is 22.9 Å². The third kappa shape index (κ3) is 1.68. The second-order valence-corrected chi connectivity index (χ2v) is 3.25. The summed E-state index contributed by atoms with van der Waals surface area (Å²) in [7, 11) is 0. The number of aryl methyl sites for hydroxylation is 1. The van der Waals surface area contributed by atoms with Gasteiger partial charge in [0.25, 0.3) is 0 Å². The Labute approximate surface area is 71.1 Å². The highest BCUT2D eigenvalue weighted by Gasteiger charge is 2.10. The quantitative estimate of drug-likeness (QED) is 0.570. The average molecular weight is 173 g/mol. The maximum atomic E-state index is 5.67. The zero-order chi connectivity index (χ0) is 7.56. The molecule has 0 nitrogen and oxygen atoms in total. The second-order valence-electron chi connectivity index (χ2n) is 2.16. The summed E-state index contributed by atoms with van der Waals surface area (Å²) >= 11 is 11.3. The summed E-state index contributed by atoms with van der Waals surface area (Å²) in [6.45, 7) is 1.99. The van der Waals surface area contributed by atoms with Crippen molar-refractivity contribution in [3.63, 3.8) is 0 Å². The van der Waals surface area contributed by atoms with Crippen LogP contribution in [0.2, 0.25) is 0 Å². The Bertz CT molecular complexity index is 223. The fourth-order valence-corrected chi connectivity index (χ4v) is 1.32. The molecule has 0 amide bonds. The van der Waals surface area contributed by atoms with Gasteiger partial charge in [0, 0.05) is 0 Å². The highest BCUT2D eigenvalue weighted by atomic mass is 35.5. The van der Waals surface area contributed by atoms with Crippen molar-refractivity contribution >= 4 is 33.9 Å². The zero-order valence-electron chi connectivity index (χ0n) is 5.64. The smallest absolute Gasteiger partial charge is 0.165 e. The maximum Gasteiger partial charge on any atom is 0.383 e. The predicted molar refractivity (Wildman–Crippen MR) is 48.3 cm³/mol. The molecule has 0 N–H and O–H groups in total. The molecule has 0 aliphatic carbocycles. The van der Waals surface area contributed by atoms with E-state index in [4.69, 9.17) is 22.9 Å². The number of hydrogen-bond donors (Lipinski definition) is 0. The number of halogens is 2. The van der Waals surface area contributed by atoms with Crippen LogP contribution in [-0.2, 0) is 0 Å². The van der Waals surface area contributed by atoms with Crippen LogP contribution in [0.15, 0.2) is 24.3 Å². The predicted octanol–water partition coefficient (Wildman–Crippen LogP) is 2.17. The molecule has 0 radical (unpaired) electrons. The Morgan fingerprint density at radius 1 is 1.20 bits per heavy atom. The van der Waals surface area contributed by atoms with E-state index in [1.54, 1.807) is 0 Å². The molecule has 1 rings (SSSR count). The van der Waals surface area contributed by atoms with Crippen LogP contribution >= 0.6 is 22.9 Å². The van der Waals surface area contributed by atoms with Crippen molar-refractivity contribution in [3.8, 4) is 0 Å². The minimum atomic E-state index is -0.402. The maximum absolute atomic E-state index is 5.67. The summed E-state index contributed by atoms with van der Waals surface area (Å²) in [5.41, 5.74) is 1.73. The normalized spacial score (nSPS) is 9.50. The van der Waals surface area contributed by atoms with Gasteiger partial charge >= 0.3 is 5.54 Å². The summed E-state index contributed by atoms with van der Waals surface area (Å²) in [5, 5.41) is 0. The van der Waals surface area contributed by atoms with Gasteiger partial charge in [0.2, 0.25) is 0 Å². The Morgan fingerprint density at radius 2 is 1.80 bits per heavy atom. The average Bonchev–Trinajstić information content (AvgIpc) is 1.88. The van der Waals surface area contributed by atoms with Crippen LogP contribution in [0.25, 0.3) is 0 Å². The molecular weight excluding hydrogens is 166 g/mol. The van der Waals surface area contributed by atoms with Crippen LogP contribution in [0.1, 0.15) is 5.56 Å². The van der Waals surface area contributed by atoms with E-state index in [1.807, 2.05) is 31.2 Å². The van der Waals surface area contributed by atoms with Crippen LogP contribution in [0.3, 0.4) is 0 Å². The first-order chi connectivity index (χ1) is 4.72. The topological polar surface area (TPSA) is 0 Å². The molecule has 1 aromatic carbocycles. The third-order valence-corrected chi connectivity index (χ3v) is 1.89. The molecule has 0 heterocycles. The number of benzene rings is 1. The van der Waals surface area contributed by atoms with Crippen molar-refractivity contribution in [1.29, 1.82) is 0 Å². The molecule has 10 heavy (non-hydrogen) atoms. The van der Waals surface area contributed by atoms with Gasteiger partial charge in [-0.05, 0) is 12.4 Å². The minimum absolute atomic E-state index is 0.402. The minimum Gasteiger partial charge on any atom is -0.165 e. The van der Waals surface area contributed by atoms with Gasteiger partial charge < -0.3 is 0 Å². The van der Waals surface area contributed by atoms with Gasteiger partial charge in [0.05, 0.1) is 0 Å². The molecule has 0 aromatic heterocycles. The fraction of sp³-hybridized carbons (Fsp3) is 0.143. The highest BCUT2D eigenvalue weighted by Crippen LogP contribution is 2.01. The second kappa shape index (κ2) is 3.31. The molecule has 0 atom stereocenters. The molecule has 0 unspecified atom stereocenters. The molecule has 3 heteroatoms. The van der Waals surface area contributed by atoms with Crippen LogP contribution < -0.4 is 5.46 Å². The molecule has 0 saturated heterocycles. The van der Waals surface area contributed by atoms with Crippen molar-refractivity contribution < 1.29 is 0 Å². The largest absolute Gasteiger partial charge is 0.383 e. The van der Waals surface area contributed by atoms with Crippen molar-refractivity contribution in [2.45, 2.75) is 6.92 Å². The lowest BCUT2D eigenvalue weighted by Crippen LogP contribution is -2.20. The Kier molecular flexibility index (Phi) is 2.64. The molecule has 0 aliphatic heterocycles. The van der Waals surface area contributed by atoms with Gasteiger partial charge in [0.1, 0.15) is 0 Å². The van der Waals surface area contributed by atoms with Gasteiger partial charge in [-0.25, -0.2) is 0 Å². The lowest BCUT2D eigenvalue weighted by atomic mass is 9.89. The first kappa shape index (κ1) is 7.97. The van der Waals surface area contributed by atoms with E-state index in [9.17, 15) is 0 Å². The van der Waals surface area contributed by atoms with Crippen molar-refractivity contribution in [3.05, 3.63) is 29.8 Å². The molecule has 0 fully saturated rings. The van der Waals surface area contributed by atoms with Crippen LogP contribution in [0, 0.1) is 6.92 Å². The fourth-order valence-electron chi connectivity index (χ4n) is 0.832. The zero-order valence-corrected chi connectivity index (χ0v) is 7.15. The standard InChI is InChI=1S/C7H7BCl2/c1-6-4-2-3-5-7(6)8(9)10/h2-5H,1H3. The lowest BCUT2D eigenvalue weighted by Gasteiger charge is -2.00. The highest BCUT2D eigenvalue weighted by molar-refractivity contribution is 7.39. The summed E-state index contributed by atoms with van der Waals surface area (Å²) in [6, 6.07) is 7.82. The molecule has 0 spiro atoms. The Hall–Kier alpha value is -0.135. The summed E-state index contributed by atoms with van der Waals surface area (Å²) < 4.78 is 0. The van der Waals surface area contributed by atoms with Crippen LogP contribution in [0.4, 0.5) is 0 Å². The monoisotopic (exact) mass is 172 g/mol. The van der Waals surface area contributed by atoms with Crippen molar-refractivity contribution in [1.82, 2.24) is 0 Å². The SMILES string of the molecule is Cc1ccccc1B(Cl)Cl. The Balaban J connectivity index is 3.03. The van der Waals surface area contributed by atoms with E-state index in [0.717, 1.165) is 11.0 Å². The molecule has 0 saturated carbocycles. The van der Waals surface area contributed by atoms with Gasteiger partial charge in [-0.3, -0.25) is 0 Å². The van der Waals surface area contributed by atoms with Crippen molar-refractivity contribution in [2.75, 3.05) is 0 Å². The van der Waals surface area contributed by atoms with Gasteiger partial charge in [-0.1, -0.05) is 29.8 Å². The molecule has 0 bridgehead atoms. The van der Waals surface area contributed by atoms with Crippen molar-refractivity contribution in [2.24, 2.45) is 0 Å².